The number of carbonyl (C=O) groups excluding carboxylic acids is 2. The minimum absolute atomic E-state index is 0.308. The van der Waals surface area contributed by atoms with Crippen LogP contribution in [0.4, 0.5) is 0 Å². The van der Waals surface area contributed by atoms with E-state index in [2.05, 4.69) is 34.6 Å². The highest BCUT2D eigenvalue weighted by Gasteiger charge is 2.68. The Morgan fingerprint density at radius 2 is 1.61 bits per heavy atom. The first-order chi connectivity index (χ1) is 16.8. The maximum Gasteiger partial charge on any atom is 0.303 e. The highest BCUT2D eigenvalue weighted by Crippen LogP contribution is 2.69. The van der Waals surface area contributed by atoms with E-state index in [-0.39, 0.29) is 23.5 Å². The fraction of sp³-hybridized carbons (Fsp3) is 0.935. The Labute approximate surface area is 219 Å². The summed E-state index contributed by atoms with van der Waals surface area (Å²) in [5, 5.41) is 12.3. The van der Waals surface area contributed by atoms with Crippen LogP contribution in [0.1, 0.15) is 119 Å². The van der Waals surface area contributed by atoms with Crippen molar-refractivity contribution in [3.8, 4) is 0 Å². The van der Waals surface area contributed by atoms with Crippen LogP contribution in [0.3, 0.4) is 0 Å². The third-order valence-electron chi connectivity index (χ3n) is 11.6. The fourth-order valence-corrected chi connectivity index (χ4v) is 9.92. The monoisotopic (exact) mass is 504 g/mol. The van der Waals surface area contributed by atoms with E-state index in [0.717, 1.165) is 43.4 Å². The van der Waals surface area contributed by atoms with Gasteiger partial charge in [0, 0.05) is 25.7 Å². The van der Waals surface area contributed by atoms with Crippen LogP contribution in [0.2, 0.25) is 0 Å². The van der Waals surface area contributed by atoms with Gasteiger partial charge in [-0.3, -0.25) is 9.59 Å². The number of hydrogen-bond donors (Lipinski definition) is 1. The van der Waals surface area contributed by atoms with Gasteiger partial charge in [0.1, 0.15) is 17.8 Å². The van der Waals surface area contributed by atoms with Crippen molar-refractivity contribution in [3.63, 3.8) is 0 Å². The maximum atomic E-state index is 12.3. The molecule has 5 nitrogen and oxygen atoms in total. The summed E-state index contributed by atoms with van der Waals surface area (Å²) in [5.41, 5.74) is -1.16. The van der Waals surface area contributed by atoms with E-state index in [1.807, 2.05) is 0 Å². The molecule has 0 aromatic rings. The molecule has 4 saturated carbocycles. The predicted molar refractivity (Wildman–Crippen MR) is 141 cm³/mol. The molecule has 1 N–H and O–H groups in total. The first-order valence-corrected chi connectivity index (χ1v) is 14.9. The van der Waals surface area contributed by atoms with Crippen molar-refractivity contribution in [2.24, 2.45) is 46.3 Å². The van der Waals surface area contributed by atoms with Gasteiger partial charge in [0.15, 0.2) is 0 Å². The Kier molecular flexibility index (Phi) is 7.93. The van der Waals surface area contributed by atoms with E-state index in [1.54, 1.807) is 0 Å². The topological polar surface area (TPSA) is 72.8 Å². The number of hydrogen-bond acceptors (Lipinski definition) is 5. The van der Waals surface area contributed by atoms with Crippen LogP contribution in [0.25, 0.3) is 0 Å². The van der Waals surface area contributed by atoms with Gasteiger partial charge in [-0.2, -0.15) is 0 Å². The number of ether oxygens (including phenoxy) is 2. The summed E-state index contributed by atoms with van der Waals surface area (Å²) in [5.74, 6) is 3.15. The van der Waals surface area contributed by atoms with Gasteiger partial charge in [0.2, 0.25) is 0 Å². The quantitative estimate of drug-likeness (QED) is 0.391. The molecule has 0 aliphatic heterocycles. The third kappa shape index (κ3) is 4.76. The molecule has 4 rings (SSSR count). The number of carbonyl (C=O) groups is 2. The van der Waals surface area contributed by atoms with Crippen LogP contribution in [-0.2, 0) is 19.1 Å². The summed E-state index contributed by atoms with van der Waals surface area (Å²) in [6, 6.07) is 0. The van der Waals surface area contributed by atoms with Gasteiger partial charge >= 0.3 is 11.9 Å². The zero-order chi connectivity index (χ0) is 26.5. The van der Waals surface area contributed by atoms with Crippen molar-refractivity contribution in [2.45, 2.75) is 137 Å². The molecule has 0 radical (unpaired) electrons. The molecule has 4 fully saturated rings. The summed E-state index contributed by atoms with van der Waals surface area (Å²) < 4.78 is 11.5. The molecule has 4 aliphatic rings. The second-order valence-electron chi connectivity index (χ2n) is 14.1. The predicted octanol–water partition coefficient (Wildman–Crippen LogP) is 6.70. The lowest BCUT2D eigenvalue weighted by molar-refractivity contribution is -0.271. The van der Waals surface area contributed by atoms with Crippen molar-refractivity contribution in [1.82, 2.24) is 0 Å². The molecule has 0 aromatic carbocycles. The molecule has 5 heteroatoms. The summed E-state index contributed by atoms with van der Waals surface area (Å²) >= 11 is 0. The van der Waals surface area contributed by atoms with Crippen LogP contribution in [0.5, 0.6) is 0 Å². The van der Waals surface area contributed by atoms with E-state index in [1.165, 1.54) is 52.4 Å². The minimum atomic E-state index is -1.16. The van der Waals surface area contributed by atoms with Crippen molar-refractivity contribution >= 4 is 11.9 Å². The summed E-state index contributed by atoms with van der Waals surface area (Å²) in [4.78, 5) is 23.9. The number of rotatable bonds is 7. The molecule has 0 aromatic heterocycles. The Morgan fingerprint density at radius 1 is 0.917 bits per heavy atom. The lowest BCUT2D eigenvalue weighted by atomic mass is 9.42. The third-order valence-corrected chi connectivity index (χ3v) is 11.6. The Balaban J connectivity index is 1.59. The summed E-state index contributed by atoms with van der Waals surface area (Å²) in [7, 11) is 0. The molecule has 36 heavy (non-hydrogen) atoms. The standard InChI is InChI=1S/C31H52O5/c1-19(2)9-8-10-20(3)25-11-12-26-24-17-28(36-22(5)33)31(34)18-23(35-21(4)32)13-16-30(31,7)27(24)14-15-29(25,26)6/h19-20,23-28,34H,8-18H2,1-7H3/t20-,23-,24-,25+,26+,27+,28+,29+,30+,31-/m0/s1. The van der Waals surface area contributed by atoms with E-state index in [0.29, 0.717) is 29.6 Å². The smallest absolute Gasteiger partial charge is 0.303 e. The highest BCUT2D eigenvalue weighted by atomic mass is 16.6. The average molecular weight is 505 g/mol. The molecule has 0 heterocycles. The Morgan fingerprint density at radius 3 is 2.25 bits per heavy atom. The van der Waals surface area contributed by atoms with Gasteiger partial charge in [-0.05, 0) is 85.9 Å². The molecule has 206 valence electrons. The molecule has 4 aliphatic carbocycles. The Bertz CT molecular complexity index is 824. The van der Waals surface area contributed by atoms with Crippen LogP contribution >= 0.6 is 0 Å². The summed E-state index contributed by atoms with van der Waals surface area (Å²) in [6.45, 7) is 14.8. The lowest BCUT2D eigenvalue weighted by Crippen LogP contribution is -2.69. The maximum absolute atomic E-state index is 12.3. The first-order valence-electron chi connectivity index (χ1n) is 14.9. The van der Waals surface area contributed by atoms with Crippen LogP contribution in [0.15, 0.2) is 0 Å². The second-order valence-corrected chi connectivity index (χ2v) is 14.1. The van der Waals surface area contributed by atoms with Gasteiger partial charge in [-0.15, -0.1) is 0 Å². The minimum Gasteiger partial charge on any atom is -0.462 e. The zero-order valence-corrected chi connectivity index (χ0v) is 24.0. The van der Waals surface area contributed by atoms with Crippen LogP contribution < -0.4 is 0 Å². The largest absolute Gasteiger partial charge is 0.462 e. The molecule has 0 spiro atoms. The van der Waals surface area contributed by atoms with Crippen molar-refractivity contribution in [1.29, 1.82) is 0 Å². The number of aliphatic hydroxyl groups is 1. The first kappa shape index (κ1) is 27.9. The van der Waals surface area contributed by atoms with E-state index in [9.17, 15) is 14.7 Å². The SMILES string of the molecule is CC(=O)O[C@H]1CC[C@]2(C)[C@@H]3CC[C@@]4(C)[C@H](CC[C@@H]4[C@@H](C)CCCC(C)C)[C@@H]3C[C@@H](OC(C)=O)[C@@]2(O)C1. The van der Waals surface area contributed by atoms with Gasteiger partial charge < -0.3 is 14.6 Å². The van der Waals surface area contributed by atoms with E-state index < -0.39 is 11.7 Å². The van der Waals surface area contributed by atoms with Crippen LogP contribution in [-0.4, -0.2) is 34.9 Å². The van der Waals surface area contributed by atoms with Gasteiger partial charge in [0.05, 0.1) is 0 Å². The van der Waals surface area contributed by atoms with Gasteiger partial charge in [0.25, 0.3) is 0 Å². The molecule has 0 amide bonds. The normalized spacial score (nSPS) is 44.8. The van der Waals surface area contributed by atoms with Crippen molar-refractivity contribution < 1.29 is 24.2 Å². The number of esters is 2. The molecule has 0 unspecified atom stereocenters. The molecule has 10 atom stereocenters. The second kappa shape index (κ2) is 10.2. The van der Waals surface area contributed by atoms with Crippen molar-refractivity contribution in [3.05, 3.63) is 0 Å². The van der Waals surface area contributed by atoms with Crippen molar-refractivity contribution in [2.75, 3.05) is 0 Å². The fourth-order valence-electron chi connectivity index (χ4n) is 9.92. The molecular weight excluding hydrogens is 452 g/mol. The molecule has 0 saturated heterocycles. The van der Waals surface area contributed by atoms with Crippen LogP contribution in [0, 0.1) is 46.3 Å². The molecular formula is C31H52O5. The van der Waals surface area contributed by atoms with Gasteiger partial charge in [-0.1, -0.05) is 53.9 Å². The lowest BCUT2D eigenvalue weighted by Gasteiger charge is -2.65. The average Bonchev–Trinajstić information content (AvgIpc) is 3.12. The zero-order valence-electron chi connectivity index (χ0n) is 24.0. The highest BCUT2D eigenvalue weighted by molar-refractivity contribution is 5.66. The Hall–Kier alpha value is -1.10. The van der Waals surface area contributed by atoms with Gasteiger partial charge in [-0.25, -0.2) is 0 Å². The van der Waals surface area contributed by atoms with E-state index >= 15 is 0 Å². The number of fused-ring (bicyclic) bond motifs is 5. The summed E-state index contributed by atoms with van der Waals surface area (Å²) in [6.07, 6.45) is 10.7. The van der Waals surface area contributed by atoms with E-state index in [4.69, 9.17) is 9.47 Å². The molecule has 0 bridgehead atoms.